The van der Waals surface area contributed by atoms with Crippen molar-refractivity contribution in [1.82, 2.24) is 9.55 Å². The number of imidazole rings is 1. The van der Waals surface area contributed by atoms with Gasteiger partial charge in [0, 0.05) is 6.04 Å². The monoisotopic (exact) mass is 224 g/mol. The highest BCUT2D eigenvalue weighted by atomic mass is 35.5. The Morgan fingerprint density at radius 1 is 1.53 bits per heavy atom. The molecule has 1 aromatic heterocycles. The molecule has 1 aromatic carbocycles. The van der Waals surface area contributed by atoms with Crippen LogP contribution in [-0.4, -0.2) is 9.55 Å². The van der Waals surface area contributed by atoms with Gasteiger partial charge in [-0.15, -0.1) is 0 Å². The number of hydrogen-bond acceptors (Lipinski definition) is 1. The Kier molecular flexibility index (Phi) is 1.80. The summed E-state index contributed by atoms with van der Waals surface area (Å²) in [5, 5.41) is 0.213. The number of halogens is 2. The van der Waals surface area contributed by atoms with Crippen LogP contribution in [0.4, 0.5) is 4.39 Å². The van der Waals surface area contributed by atoms with E-state index in [2.05, 4.69) is 4.98 Å². The van der Waals surface area contributed by atoms with Crippen LogP contribution < -0.4 is 0 Å². The van der Waals surface area contributed by atoms with Crippen molar-refractivity contribution < 1.29 is 4.39 Å². The van der Waals surface area contributed by atoms with Crippen molar-refractivity contribution in [3.63, 3.8) is 0 Å². The van der Waals surface area contributed by atoms with Crippen LogP contribution in [-0.2, 0) is 0 Å². The summed E-state index contributed by atoms with van der Waals surface area (Å²) in [6.07, 6.45) is 3.92. The second-order valence-electron chi connectivity index (χ2n) is 4.07. The van der Waals surface area contributed by atoms with E-state index in [0.717, 1.165) is 18.4 Å². The van der Waals surface area contributed by atoms with Crippen LogP contribution in [0.2, 0.25) is 5.02 Å². The lowest BCUT2D eigenvalue weighted by Crippen LogP contribution is -1.95. The predicted molar refractivity (Wildman–Crippen MR) is 57.7 cm³/mol. The van der Waals surface area contributed by atoms with E-state index in [1.165, 1.54) is 0 Å². The van der Waals surface area contributed by atoms with E-state index in [1.807, 2.05) is 10.6 Å². The van der Waals surface area contributed by atoms with Crippen molar-refractivity contribution in [2.75, 3.05) is 0 Å². The fourth-order valence-electron chi connectivity index (χ4n) is 1.88. The molecule has 2 nitrogen and oxygen atoms in total. The highest BCUT2D eigenvalue weighted by Gasteiger charge is 2.27. The Morgan fingerprint density at radius 3 is 2.93 bits per heavy atom. The molecule has 0 radical (unpaired) electrons. The van der Waals surface area contributed by atoms with Crippen LogP contribution in [0.15, 0.2) is 12.4 Å². The number of fused-ring (bicyclic) bond motifs is 1. The maximum absolute atomic E-state index is 13.9. The van der Waals surface area contributed by atoms with Gasteiger partial charge in [0.1, 0.15) is 5.52 Å². The molecular formula is C11H10ClFN2. The molecule has 0 N–H and O–H groups in total. The number of hydrogen-bond donors (Lipinski definition) is 0. The molecule has 1 aliphatic rings. The summed E-state index contributed by atoms with van der Waals surface area (Å²) in [6, 6.07) is 2.25. The summed E-state index contributed by atoms with van der Waals surface area (Å²) in [4.78, 5) is 4.21. The number of benzene rings is 1. The van der Waals surface area contributed by atoms with Crippen molar-refractivity contribution in [3.05, 3.63) is 28.8 Å². The number of rotatable bonds is 1. The van der Waals surface area contributed by atoms with Crippen molar-refractivity contribution >= 4 is 22.6 Å². The van der Waals surface area contributed by atoms with E-state index >= 15 is 0 Å². The quantitative estimate of drug-likeness (QED) is 0.725. The minimum absolute atomic E-state index is 0.213. The van der Waals surface area contributed by atoms with Gasteiger partial charge in [0.05, 0.1) is 16.9 Å². The van der Waals surface area contributed by atoms with E-state index in [1.54, 1.807) is 13.3 Å². The molecule has 1 saturated carbocycles. The van der Waals surface area contributed by atoms with Gasteiger partial charge in [0.25, 0.3) is 0 Å². The van der Waals surface area contributed by atoms with Gasteiger partial charge in [-0.3, -0.25) is 0 Å². The molecule has 0 atom stereocenters. The Balaban J connectivity index is 2.37. The second-order valence-corrected chi connectivity index (χ2v) is 4.45. The van der Waals surface area contributed by atoms with Crippen LogP contribution in [0.25, 0.3) is 11.0 Å². The fraction of sp³-hybridized carbons (Fsp3) is 0.364. The van der Waals surface area contributed by atoms with Crippen LogP contribution in [0.3, 0.4) is 0 Å². The SMILES string of the molecule is Cc1cc2ncn(C3CC3)c2c(F)c1Cl. The van der Waals surface area contributed by atoms with Crippen molar-refractivity contribution in [2.45, 2.75) is 25.8 Å². The summed E-state index contributed by atoms with van der Waals surface area (Å²) < 4.78 is 15.8. The van der Waals surface area contributed by atoms with Crippen LogP contribution in [0.5, 0.6) is 0 Å². The standard InChI is InChI=1S/C11H10ClFN2/c1-6-4-8-11(10(13)9(6)12)15(5-14-8)7-2-3-7/h4-5,7H,2-3H2,1H3. The first kappa shape index (κ1) is 9.16. The van der Waals surface area contributed by atoms with Crippen LogP contribution in [0, 0.1) is 12.7 Å². The lowest BCUT2D eigenvalue weighted by molar-refractivity contribution is 0.623. The lowest BCUT2D eigenvalue weighted by Gasteiger charge is -2.05. The molecule has 1 fully saturated rings. The van der Waals surface area contributed by atoms with Gasteiger partial charge >= 0.3 is 0 Å². The van der Waals surface area contributed by atoms with Crippen molar-refractivity contribution in [1.29, 1.82) is 0 Å². The van der Waals surface area contributed by atoms with E-state index in [4.69, 9.17) is 11.6 Å². The zero-order valence-electron chi connectivity index (χ0n) is 8.30. The van der Waals surface area contributed by atoms with Gasteiger partial charge in [0.15, 0.2) is 5.82 Å². The molecule has 1 heterocycles. The molecule has 0 bridgehead atoms. The highest BCUT2D eigenvalue weighted by molar-refractivity contribution is 6.32. The zero-order chi connectivity index (χ0) is 10.6. The van der Waals surface area contributed by atoms with Gasteiger partial charge in [-0.05, 0) is 31.4 Å². The Hall–Kier alpha value is -1.09. The molecule has 15 heavy (non-hydrogen) atoms. The minimum atomic E-state index is -0.337. The molecule has 0 unspecified atom stereocenters. The summed E-state index contributed by atoms with van der Waals surface area (Å²) in [7, 11) is 0. The maximum Gasteiger partial charge on any atom is 0.167 e. The Morgan fingerprint density at radius 2 is 2.27 bits per heavy atom. The molecule has 0 amide bonds. The smallest absolute Gasteiger partial charge is 0.167 e. The van der Waals surface area contributed by atoms with Crippen molar-refractivity contribution in [3.8, 4) is 0 Å². The summed E-state index contributed by atoms with van der Waals surface area (Å²) >= 11 is 5.89. The average molecular weight is 225 g/mol. The third kappa shape index (κ3) is 1.26. The molecule has 1 aliphatic carbocycles. The average Bonchev–Trinajstić information content (AvgIpc) is 2.97. The first-order valence-corrected chi connectivity index (χ1v) is 5.37. The Bertz CT molecular complexity index is 543. The first-order chi connectivity index (χ1) is 7.18. The molecular weight excluding hydrogens is 215 g/mol. The topological polar surface area (TPSA) is 17.8 Å². The van der Waals surface area contributed by atoms with E-state index in [9.17, 15) is 4.39 Å². The minimum Gasteiger partial charge on any atom is -0.325 e. The van der Waals surface area contributed by atoms with Crippen LogP contribution >= 0.6 is 11.6 Å². The third-order valence-corrected chi connectivity index (χ3v) is 3.33. The molecule has 2 aromatic rings. The number of aromatic nitrogens is 2. The van der Waals surface area contributed by atoms with E-state index < -0.39 is 0 Å². The normalized spacial score (nSPS) is 16.2. The first-order valence-electron chi connectivity index (χ1n) is 4.99. The maximum atomic E-state index is 13.9. The molecule has 3 rings (SSSR count). The molecule has 0 aliphatic heterocycles. The third-order valence-electron chi connectivity index (χ3n) is 2.86. The predicted octanol–water partition coefficient (Wildman–Crippen LogP) is 3.47. The Labute approximate surface area is 91.7 Å². The zero-order valence-corrected chi connectivity index (χ0v) is 9.05. The van der Waals surface area contributed by atoms with Crippen LogP contribution in [0.1, 0.15) is 24.4 Å². The molecule has 0 spiro atoms. The lowest BCUT2D eigenvalue weighted by atomic mass is 10.2. The number of nitrogens with zero attached hydrogens (tertiary/aromatic N) is 2. The van der Waals surface area contributed by atoms with Gasteiger partial charge in [0.2, 0.25) is 0 Å². The van der Waals surface area contributed by atoms with E-state index in [-0.39, 0.29) is 10.8 Å². The number of aryl methyl sites for hydroxylation is 1. The van der Waals surface area contributed by atoms with E-state index in [0.29, 0.717) is 17.1 Å². The van der Waals surface area contributed by atoms with Gasteiger partial charge in [-0.25, -0.2) is 9.37 Å². The van der Waals surface area contributed by atoms with Gasteiger partial charge < -0.3 is 4.57 Å². The summed E-state index contributed by atoms with van der Waals surface area (Å²) in [5.41, 5.74) is 1.98. The molecule has 4 heteroatoms. The summed E-state index contributed by atoms with van der Waals surface area (Å²) in [5.74, 6) is -0.337. The molecule has 0 saturated heterocycles. The molecule has 78 valence electrons. The second kappa shape index (κ2) is 2.95. The fourth-order valence-corrected chi connectivity index (χ4v) is 2.03. The largest absolute Gasteiger partial charge is 0.325 e. The van der Waals surface area contributed by atoms with Gasteiger partial charge in [-0.1, -0.05) is 11.6 Å². The van der Waals surface area contributed by atoms with Gasteiger partial charge in [-0.2, -0.15) is 0 Å². The summed E-state index contributed by atoms with van der Waals surface area (Å²) in [6.45, 7) is 1.79. The van der Waals surface area contributed by atoms with Crippen molar-refractivity contribution in [2.24, 2.45) is 0 Å². The highest BCUT2D eigenvalue weighted by Crippen LogP contribution is 2.39.